The minimum Gasteiger partial charge on any atom is -0.386 e. The smallest absolute Gasteiger partial charge is 0.274 e. The molecule has 0 radical (unpaired) electrons. The van der Waals surface area contributed by atoms with E-state index in [1.54, 1.807) is 32.0 Å². The second-order valence-electron chi connectivity index (χ2n) is 16.6. The van der Waals surface area contributed by atoms with Crippen LogP contribution >= 0.6 is 0 Å². The fourth-order valence-corrected chi connectivity index (χ4v) is 9.12. The van der Waals surface area contributed by atoms with E-state index in [2.05, 4.69) is 38.5 Å². The number of nitriles is 1. The molecule has 15 heteroatoms. The number of hydrogen-bond donors (Lipinski definition) is 3. The second kappa shape index (κ2) is 15.7. The number of carbonyl (C=O) groups excluding carboxylic acids is 3. The number of piperidine rings is 1. The molecule has 5 heterocycles. The molecule has 1 saturated carbocycles. The van der Waals surface area contributed by atoms with Crippen LogP contribution in [-0.4, -0.2) is 90.3 Å². The van der Waals surface area contributed by atoms with Crippen molar-refractivity contribution in [2.75, 3.05) is 31.5 Å². The van der Waals surface area contributed by atoms with Gasteiger partial charge in [-0.2, -0.15) is 15.5 Å². The van der Waals surface area contributed by atoms with Gasteiger partial charge in [0.1, 0.15) is 23.4 Å². The van der Waals surface area contributed by atoms with E-state index >= 15 is 8.78 Å². The summed E-state index contributed by atoms with van der Waals surface area (Å²) < 4.78 is 33.7. The molecule has 0 unspecified atom stereocenters. The summed E-state index contributed by atoms with van der Waals surface area (Å²) in [7, 11) is 0. The summed E-state index contributed by atoms with van der Waals surface area (Å²) in [6.45, 7) is 8.87. The van der Waals surface area contributed by atoms with Gasteiger partial charge in [0.05, 0.1) is 40.4 Å². The van der Waals surface area contributed by atoms with Gasteiger partial charge >= 0.3 is 0 Å². The zero-order valence-corrected chi connectivity index (χ0v) is 32.8. The molecule has 2 aromatic carbocycles. The number of halogens is 2. The monoisotopic (exact) mass is 791 g/mol. The highest BCUT2D eigenvalue weighted by Gasteiger charge is 2.35. The van der Waals surface area contributed by atoms with Crippen molar-refractivity contribution in [1.82, 2.24) is 34.5 Å². The summed E-state index contributed by atoms with van der Waals surface area (Å²) in [4.78, 5) is 42.2. The van der Waals surface area contributed by atoms with E-state index in [4.69, 9.17) is 5.10 Å². The van der Waals surface area contributed by atoms with E-state index in [-0.39, 0.29) is 24.4 Å². The number of nitrogens with zero attached hydrogens (tertiary/aromatic N) is 7. The lowest BCUT2D eigenvalue weighted by Gasteiger charge is -2.46. The lowest BCUT2D eigenvalue weighted by Crippen LogP contribution is -2.56. The van der Waals surface area contributed by atoms with Crippen molar-refractivity contribution in [1.29, 1.82) is 5.26 Å². The number of fused-ring (bicyclic) bond motifs is 2. The predicted octanol–water partition coefficient (Wildman–Crippen LogP) is 5.57. The van der Waals surface area contributed by atoms with Gasteiger partial charge in [0, 0.05) is 73.1 Å². The van der Waals surface area contributed by atoms with E-state index in [1.165, 1.54) is 22.8 Å². The van der Waals surface area contributed by atoms with E-state index in [0.717, 1.165) is 56.2 Å². The first-order valence-corrected chi connectivity index (χ1v) is 20.0. The van der Waals surface area contributed by atoms with Gasteiger partial charge in [0.25, 0.3) is 5.91 Å². The first kappa shape index (κ1) is 39.3. The van der Waals surface area contributed by atoms with Gasteiger partial charge in [0.2, 0.25) is 11.8 Å². The molecular formula is C43H47F2N9O4. The predicted molar refractivity (Wildman–Crippen MR) is 212 cm³/mol. The number of amides is 3. The summed E-state index contributed by atoms with van der Waals surface area (Å²) >= 11 is 0. The van der Waals surface area contributed by atoms with Crippen molar-refractivity contribution >= 4 is 39.8 Å². The van der Waals surface area contributed by atoms with Crippen LogP contribution in [0.1, 0.15) is 104 Å². The number of imide groups is 1. The van der Waals surface area contributed by atoms with Crippen LogP contribution < -0.4 is 10.6 Å². The van der Waals surface area contributed by atoms with Crippen LogP contribution in [0.2, 0.25) is 0 Å². The number of nitrogens with one attached hydrogen (secondary N) is 2. The Labute approximate surface area is 334 Å². The zero-order valence-electron chi connectivity index (χ0n) is 32.8. The van der Waals surface area contributed by atoms with Gasteiger partial charge in [-0.05, 0) is 107 Å². The minimum atomic E-state index is -1.26. The lowest BCUT2D eigenvalue weighted by molar-refractivity contribution is -0.134. The van der Waals surface area contributed by atoms with Crippen molar-refractivity contribution in [3.8, 4) is 6.07 Å². The molecule has 3 fully saturated rings. The molecule has 13 nitrogen and oxygen atoms in total. The highest BCUT2D eigenvalue weighted by Crippen LogP contribution is 2.37. The molecule has 2 saturated heterocycles. The van der Waals surface area contributed by atoms with Gasteiger partial charge in [-0.1, -0.05) is 0 Å². The van der Waals surface area contributed by atoms with Crippen LogP contribution in [0.4, 0.5) is 14.5 Å². The van der Waals surface area contributed by atoms with Crippen molar-refractivity contribution < 1.29 is 28.3 Å². The normalized spacial score (nSPS) is 22.3. The number of piperazine rings is 1. The summed E-state index contributed by atoms with van der Waals surface area (Å²) in [5.41, 5.74) is 2.09. The summed E-state index contributed by atoms with van der Waals surface area (Å²) in [6.07, 6.45) is 8.03. The molecule has 1 aliphatic carbocycles. The van der Waals surface area contributed by atoms with Crippen LogP contribution in [0.25, 0.3) is 16.4 Å². The number of carbonyl (C=O) groups is 3. The van der Waals surface area contributed by atoms with Crippen LogP contribution in [0.5, 0.6) is 0 Å². The molecule has 2 atom stereocenters. The summed E-state index contributed by atoms with van der Waals surface area (Å²) in [5, 5.41) is 35.6. The van der Waals surface area contributed by atoms with Crippen molar-refractivity contribution in [2.45, 2.75) is 95.4 Å². The average molecular weight is 792 g/mol. The number of anilines is 1. The van der Waals surface area contributed by atoms with Crippen LogP contribution in [0.3, 0.4) is 0 Å². The van der Waals surface area contributed by atoms with Crippen LogP contribution in [0, 0.1) is 23.0 Å². The van der Waals surface area contributed by atoms with E-state index in [0.29, 0.717) is 58.6 Å². The number of benzene rings is 2. The Morgan fingerprint density at radius 1 is 1.03 bits per heavy atom. The molecule has 8 rings (SSSR count). The number of aliphatic hydroxyl groups is 1. The van der Waals surface area contributed by atoms with Gasteiger partial charge in [-0.25, -0.2) is 13.3 Å². The molecule has 3 aromatic heterocycles. The first-order valence-electron chi connectivity index (χ1n) is 20.0. The molecule has 5 aromatic rings. The Bertz CT molecular complexity index is 2430. The molecular weight excluding hydrogens is 745 g/mol. The molecule has 0 bridgehead atoms. The van der Waals surface area contributed by atoms with Gasteiger partial charge in [-0.15, -0.1) is 0 Å². The maximum Gasteiger partial charge on any atom is 0.274 e. The Morgan fingerprint density at radius 3 is 2.47 bits per heavy atom. The minimum absolute atomic E-state index is 0.0569. The summed E-state index contributed by atoms with van der Waals surface area (Å²) in [5.74, 6) is -3.97. The highest BCUT2D eigenvalue weighted by atomic mass is 19.1. The average Bonchev–Trinajstić information content (AvgIpc) is 3.81. The van der Waals surface area contributed by atoms with Gasteiger partial charge in [0.15, 0.2) is 0 Å². The van der Waals surface area contributed by atoms with E-state index < -0.39 is 40.9 Å². The quantitative estimate of drug-likeness (QED) is 0.162. The van der Waals surface area contributed by atoms with E-state index in [1.807, 2.05) is 23.0 Å². The Morgan fingerprint density at radius 2 is 1.78 bits per heavy atom. The Kier molecular flexibility index (Phi) is 10.6. The van der Waals surface area contributed by atoms with Crippen molar-refractivity contribution in [2.24, 2.45) is 0 Å². The fourth-order valence-electron chi connectivity index (χ4n) is 9.12. The third kappa shape index (κ3) is 7.84. The molecule has 58 heavy (non-hydrogen) atoms. The fraction of sp³-hybridized carbons (Fsp3) is 0.442. The SMILES string of the molecule is C[C@@H]1CN(CCc2cc(F)c([C@H]3CCC(=O)NC3=O)c(F)c2)CCN1C1CCC(n2cc3cc(NC(=O)c4ccc5cc(C#N)cnn45)c(C(C)(C)O)cc3n2)CC1. The van der Waals surface area contributed by atoms with Gasteiger partial charge in [-0.3, -0.25) is 29.3 Å². The number of rotatable bonds is 9. The Balaban J connectivity index is 0.873. The van der Waals surface area contributed by atoms with Crippen LogP contribution in [0.15, 0.2) is 54.9 Å². The molecule has 3 aliphatic rings. The highest BCUT2D eigenvalue weighted by molar-refractivity contribution is 6.05. The molecule has 2 aliphatic heterocycles. The third-order valence-corrected chi connectivity index (χ3v) is 12.1. The Hall–Kier alpha value is -5.56. The second-order valence-corrected chi connectivity index (χ2v) is 16.6. The molecule has 3 N–H and O–H groups in total. The molecule has 3 amide bonds. The van der Waals surface area contributed by atoms with Crippen molar-refractivity contribution in [3.05, 3.63) is 94.4 Å². The van der Waals surface area contributed by atoms with Crippen molar-refractivity contribution in [3.63, 3.8) is 0 Å². The maximum atomic E-state index is 15.1. The standard InChI is InChI=1S/C43H47F2N9O4/c1-25-23-51(13-12-26-17-34(44)40(35(45)18-26)32-9-11-39(55)49-41(32)56)14-15-52(25)29-4-6-30(7-5-29)53-24-28-19-37(33(43(2,3)58)20-36(28)50-53)48-42(57)38-10-8-31-16-27(21-46)22-47-54(31)38/h8,10,16-20,22,24-25,29-30,32,58H,4-7,9,11-15,23H2,1-3H3,(H,48,57)(H,49,55,56)/t25-,29?,30?,32-/m1/s1. The largest absolute Gasteiger partial charge is 0.386 e. The third-order valence-electron chi connectivity index (χ3n) is 12.1. The number of hydrogen-bond acceptors (Lipinski definition) is 9. The lowest BCUT2D eigenvalue weighted by atomic mass is 9.88. The first-order chi connectivity index (χ1) is 27.7. The number of aromatic nitrogens is 4. The van der Waals surface area contributed by atoms with Crippen LogP contribution in [-0.2, 0) is 21.6 Å². The zero-order chi connectivity index (χ0) is 40.9. The summed E-state index contributed by atoms with van der Waals surface area (Å²) in [6, 6.07) is 14.4. The van der Waals surface area contributed by atoms with E-state index in [9.17, 15) is 24.8 Å². The molecule has 302 valence electrons. The van der Waals surface area contributed by atoms with Gasteiger partial charge < -0.3 is 15.3 Å². The molecule has 0 spiro atoms. The maximum absolute atomic E-state index is 15.1. The topological polar surface area (TPSA) is 161 Å².